The van der Waals surface area contributed by atoms with Crippen LogP contribution in [-0.4, -0.2) is 17.1 Å². The highest BCUT2D eigenvalue weighted by molar-refractivity contribution is 6.42. The van der Waals surface area contributed by atoms with Crippen molar-refractivity contribution >= 4 is 34.2 Å². The number of aromatic nitrogens is 2. The van der Waals surface area contributed by atoms with Gasteiger partial charge in [-0.05, 0) is 42.8 Å². The molecule has 0 aliphatic heterocycles. The number of nitrogens with zero attached hydrogens (tertiary/aromatic N) is 1. The lowest BCUT2D eigenvalue weighted by Gasteiger charge is -2.12. The number of aryl methyl sites for hydroxylation is 1. The van der Waals surface area contributed by atoms with Crippen LogP contribution < -0.4 is 9.47 Å². The smallest absolute Gasteiger partial charge is 0.162 e. The number of methoxy groups -OCH3 is 1. The molecule has 0 amide bonds. The maximum atomic E-state index is 6.10. The molecule has 28 heavy (non-hydrogen) atoms. The molecule has 0 fully saturated rings. The van der Waals surface area contributed by atoms with Crippen molar-refractivity contribution in [1.29, 1.82) is 0 Å². The zero-order chi connectivity index (χ0) is 19.7. The summed E-state index contributed by atoms with van der Waals surface area (Å²) in [6, 6.07) is 17.5. The van der Waals surface area contributed by atoms with Gasteiger partial charge in [0.05, 0.1) is 28.2 Å². The highest BCUT2D eigenvalue weighted by Gasteiger charge is 2.12. The van der Waals surface area contributed by atoms with E-state index >= 15 is 0 Å². The van der Waals surface area contributed by atoms with Gasteiger partial charge in [-0.25, -0.2) is 4.98 Å². The van der Waals surface area contributed by atoms with Gasteiger partial charge in [0, 0.05) is 5.56 Å². The minimum atomic E-state index is 0.450. The maximum absolute atomic E-state index is 6.10. The number of benzene rings is 3. The average Bonchev–Trinajstić information content (AvgIpc) is 3.10. The monoisotopic (exact) mass is 412 g/mol. The van der Waals surface area contributed by atoms with E-state index < -0.39 is 0 Å². The summed E-state index contributed by atoms with van der Waals surface area (Å²) in [5.74, 6) is 2.02. The highest BCUT2D eigenvalue weighted by atomic mass is 35.5. The molecule has 4 rings (SSSR count). The normalized spacial score (nSPS) is 11.0. The van der Waals surface area contributed by atoms with Gasteiger partial charge in [0.2, 0.25) is 0 Å². The van der Waals surface area contributed by atoms with Crippen LogP contribution in [0.15, 0.2) is 54.6 Å². The van der Waals surface area contributed by atoms with Crippen molar-refractivity contribution in [2.24, 2.45) is 0 Å². The van der Waals surface area contributed by atoms with E-state index in [1.165, 1.54) is 5.56 Å². The van der Waals surface area contributed by atoms with Crippen molar-refractivity contribution in [3.63, 3.8) is 0 Å². The van der Waals surface area contributed by atoms with E-state index in [2.05, 4.69) is 41.2 Å². The van der Waals surface area contributed by atoms with E-state index in [1.807, 2.05) is 18.2 Å². The molecule has 0 bridgehead atoms. The molecule has 0 unspecified atom stereocenters. The van der Waals surface area contributed by atoms with Gasteiger partial charge in [0.15, 0.2) is 11.5 Å². The Morgan fingerprint density at radius 2 is 1.68 bits per heavy atom. The van der Waals surface area contributed by atoms with E-state index in [0.717, 1.165) is 22.2 Å². The van der Waals surface area contributed by atoms with Crippen LogP contribution in [0.3, 0.4) is 0 Å². The summed E-state index contributed by atoms with van der Waals surface area (Å²) < 4.78 is 11.5. The number of ether oxygens (including phenoxy) is 2. The summed E-state index contributed by atoms with van der Waals surface area (Å²) in [6.45, 7) is 2.51. The van der Waals surface area contributed by atoms with Crippen molar-refractivity contribution in [2.45, 2.75) is 13.5 Å². The van der Waals surface area contributed by atoms with Crippen LogP contribution in [-0.2, 0) is 6.61 Å². The molecule has 142 valence electrons. The predicted octanol–water partition coefficient (Wildman–Crippen LogP) is 6.43. The third kappa shape index (κ3) is 3.79. The summed E-state index contributed by atoms with van der Waals surface area (Å²) >= 11 is 12.2. The van der Waals surface area contributed by atoms with Crippen LogP contribution in [0.4, 0.5) is 0 Å². The first kappa shape index (κ1) is 18.7. The average molecular weight is 413 g/mol. The molecule has 0 saturated carbocycles. The molecule has 1 N–H and O–H groups in total. The van der Waals surface area contributed by atoms with Crippen molar-refractivity contribution in [3.05, 3.63) is 75.8 Å². The maximum Gasteiger partial charge on any atom is 0.162 e. The van der Waals surface area contributed by atoms with E-state index in [-0.39, 0.29) is 0 Å². The van der Waals surface area contributed by atoms with Gasteiger partial charge >= 0.3 is 0 Å². The minimum Gasteiger partial charge on any atom is -0.493 e. The number of hydrogen-bond acceptors (Lipinski definition) is 3. The van der Waals surface area contributed by atoms with Crippen LogP contribution in [0.25, 0.3) is 22.4 Å². The number of H-pyrrole nitrogens is 1. The minimum absolute atomic E-state index is 0.450. The molecule has 1 aromatic heterocycles. The Morgan fingerprint density at radius 1 is 0.929 bits per heavy atom. The summed E-state index contributed by atoms with van der Waals surface area (Å²) in [7, 11) is 1.62. The number of rotatable bonds is 5. The van der Waals surface area contributed by atoms with Gasteiger partial charge in [-0.3, -0.25) is 0 Å². The molecule has 6 heteroatoms. The van der Waals surface area contributed by atoms with Gasteiger partial charge in [0.1, 0.15) is 12.4 Å². The third-order valence-electron chi connectivity index (χ3n) is 4.48. The van der Waals surface area contributed by atoms with E-state index in [1.54, 1.807) is 19.2 Å². The molecule has 3 aromatic carbocycles. The summed E-state index contributed by atoms with van der Waals surface area (Å²) in [4.78, 5) is 7.89. The summed E-state index contributed by atoms with van der Waals surface area (Å²) in [5.41, 5.74) is 4.76. The molecule has 0 saturated heterocycles. The van der Waals surface area contributed by atoms with E-state index in [4.69, 9.17) is 32.7 Å². The third-order valence-corrected chi connectivity index (χ3v) is 5.20. The van der Waals surface area contributed by atoms with Gasteiger partial charge in [0.25, 0.3) is 0 Å². The zero-order valence-corrected chi connectivity index (χ0v) is 16.9. The Labute approximate surface area is 173 Å². The SMILES string of the molecule is COc1ccc(-c2nc3cc(Cl)c(Cl)cc3[nH]2)cc1OCc1ccc(C)cc1. The quantitative estimate of drug-likeness (QED) is 0.410. The van der Waals surface area contributed by atoms with Crippen LogP contribution in [0.5, 0.6) is 11.5 Å². The first-order valence-electron chi connectivity index (χ1n) is 8.75. The molecule has 0 radical (unpaired) electrons. The lowest BCUT2D eigenvalue weighted by molar-refractivity contribution is 0.284. The van der Waals surface area contributed by atoms with Gasteiger partial charge < -0.3 is 14.5 Å². The van der Waals surface area contributed by atoms with Crippen molar-refractivity contribution < 1.29 is 9.47 Å². The van der Waals surface area contributed by atoms with E-state index in [0.29, 0.717) is 34.0 Å². The number of imidazole rings is 1. The Kier molecular flexibility index (Phi) is 5.16. The summed E-state index contributed by atoms with van der Waals surface area (Å²) in [5, 5.41) is 0.963. The van der Waals surface area contributed by atoms with E-state index in [9.17, 15) is 0 Å². The Morgan fingerprint density at radius 3 is 2.43 bits per heavy atom. The largest absolute Gasteiger partial charge is 0.493 e. The second kappa shape index (κ2) is 7.74. The number of hydrogen-bond donors (Lipinski definition) is 1. The Hall–Kier alpha value is -2.69. The highest BCUT2D eigenvalue weighted by Crippen LogP contribution is 2.34. The van der Waals surface area contributed by atoms with Crippen molar-refractivity contribution in [3.8, 4) is 22.9 Å². The molecule has 0 aliphatic carbocycles. The van der Waals surface area contributed by atoms with Crippen LogP contribution in [0, 0.1) is 6.92 Å². The first-order chi connectivity index (χ1) is 13.5. The number of aromatic amines is 1. The molecule has 4 aromatic rings. The molecule has 4 nitrogen and oxygen atoms in total. The second-order valence-electron chi connectivity index (χ2n) is 6.51. The van der Waals surface area contributed by atoms with Crippen LogP contribution in [0.1, 0.15) is 11.1 Å². The second-order valence-corrected chi connectivity index (χ2v) is 7.32. The molecule has 1 heterocycles. The topological polar surface area (TPSA) is 47.1 Å². The zero-order valence-electron chi connectivity index (χ0n) is 15.4. The lowest BCUT2D eigenvalue weighted by Crippen LogP contribution is -1.98. The lowest BCUT2D eigenvalue weighted by atomic mass is 10.1. The van der Waals surface area contributed by atoms with Gasteiger partial charge in [-0.2, -0.15) is 0 Å². The Balaban J connectivity index is 1.65. The molecule has 0 atom stereocenters. The first-order valence-corrected chi connectivity index (χ1v) is 9.50. The van der Waals surface area contributed by atoms with Crippen molar-refractivity contribution in [1.82, 2.24) is 9.97 Å². The fraction of sp³-hybridized carbons (Fsp3) is 0.136. The molecular formula is C22H18Cl2N2O2. The standard InChI is InChI=1S/C22H18Cl2N2O2/c1-13-3-5-14(6-4-13)12-28-21-9-15(7-8-20(21)27-2)22-25-18-10-16(23)17(24)11-19(18)26-22/h3-11H,12H2,1-2H3,(H,25,26). The van der Waals surface area contributed by atoms with Crippen molar-refractivity contribution in [2.75, 3.05) is 7.11 Å². The number of fused-ring (bicyclic) bond motifs is 1. The van der Waals surface area contributed by atoms with Crippen LogP contribution in [0.2, 0.25) is 10.0 Å². The Bertz CT molecular complexity index is 1100. The molecule has 0 spiro atoms. The van der Waals surface area contributed by atoms with Gasteiger partial charge in [-0.15, -0.1) is 0 Å². The van der Waals surface area contributed by atoms with Crippen LogP contribution >= 0.6 is 23.2 Å². The fourth-order valence-electron chi connectivity index (χ4n) is 2.92. The fourth-order valence-corrected chi connectivity index (χ4v) is 3.25. The molecular weight excluding hydrogens is 395 g/mol. The number of halogens is 2. The summed E-state index contributed by atoms with van der Waals surface area (Å²) in [6.07, 6.45) is 0. The predicted molar refractivity (Wildman–Crippen MR) is 114 cm³/mol. The van der Waals surface area contributed by atoms with Gasteiger partial charge in [-0.1, -0.05) is 53.0 Å². The number of nitrogens with one attached hydrogen (secondary N) is 1. The molecule has 0 aliphatic rings.